The van der Waals surface area contributed by atoms with E-state index in [0.717, 1.165) is 17.8 Å². The van der Waals surface area contributed by atoms with E-state index in [2.05, 4.69) is 22.5 Å². The van der Waals surface area contributed by atoms with Crippen LogP contribution in [0.5, 0.6) is 0 Å². The average Bonchev–Trinajstić information content (AvgIpc) is 2.81. The number of nitrogens with zero attached hydrogens (tertiary/aromatic N) is 1. The number of thiocarbonyl (C=S) groups is 1. The topological polar surface area (TPSA) is 37.0 Å². The van der Waals surface area contributed by atoms with Crippen LogP contribution in [0.15, 0.2) is 18.3 Å². The zero-order valence-corrected chi connectivity index (χ0v) is 11.9. The third-order valence-electron chi connectivity index (χ3n) is 3.86. The summed E-state index contributed by atoms with van der Waals surface area (Å²) in [7, 11) is 0. The third kappa shape index (κ3) is 2.99. The highest BCUT2D eigenvalue weighted by molar-refractivity contribution is 7.80. The predicted octanol–water partition coefficient (Wildman–Crippen LogP) is 3.40. The van der Waals surface area contributed by atoms with Crippen molar-refractivity contribution in [2.75, 3.05) is 5.32 Å². The van der Waals surface area contributed by atoms with Gasteiger partial charge in [0.2, 0.25) is 0 Å². The molecular weight excluding hydrogens is 242 g/mol. The van der Waals surface area contributed by atoms with Crippen LogP contribution in [0.3, 0.4) is 0 Å². The summed E-state index contributed by atoms with van der Waals surface area (Å²) in [5.41, 5.74) is 1.31. The monoisotopic (exact) mass is 263 g/mol. The smallest absolute Gasteiger partial charge is 0.172 e. The maximum Gasteiger partial charge on any atom is 0.172 e. The standard InChI is InChI=1S/C14H21N3S/c1-3-14(8-4-5-9-14)17-13(18)16-12-11(2)7-6-10-15-12/h6-7,10H,3-5,8-9H2,1-2H3,(H2,15,16,17,18). The molecular formula is C14H21N3S. The lowest BCUT2D eigenvalue weighted by molar-refractivity contribution is 0.378. The average molecular weight is 263 g/mol. The molecule has 4 heteroatoms. The zero-order valence-electron chi connectivity index (χ0n) is 11.1. The summed E-state index contributed by atoms with van der Waals surface area (Å²) in [6, 6.07) is 3.96. The van der Waals surface area contributed by atoms with Crippen LogP contribution in [0.1, 0.15) is 44.6 Å². The normalized spacial score (nSPS) is 17.4. The van der Waals surface area contributed by atoms with E-state index >= 15 is 0 Å². The van der Waals surface area contributed by atoms with Crippen molar-refractivity contribution < 1.29 is 0 Å². The fraction of sp³-hybridized carbons (Fsp3) is 0.571. The van der Waals surface area contributed by atoms with E-state index in [0.29, 0.717) is 5.11 Å². The molecule has 0 bridgehead atoms. The third-order valence-corrected chi connectivity index (χ3v) is 4.06. The molecule has 2 N–H and O–H groups in total. The molecule has 1 heterocycles. The minimum absolute atomic E-state index is 0.201. The molecule has 3 nitrogen and oxygen atoms in total. The van der Waals surface area contributed by atoms with Gasteiger partial charge in [0, 0.05) is 11.7 Å². The van der Waals surface area contributed by atoms with Gasteiger partial charge in [-0.05, 0) is 50.0 Å². The molecule has 0 spiro atoms. The molecule has 1 aliphatic rings. The van der Waals surface area contributed by atoms with Gasteiger partial charge in [-0.15, -0.1) is 0 Å². The Morgan fingerprint density at radius 2 is 2.17 bits per heavy atom. The Bertz CT molecular complexity index is 425. The van der Waals surface area contributed by atoms with Crippen LogP contribution in [0, 0.1) is 6.92 Å². The Hall–Kier alpha value is -1.16. The van der Waals surface area contributed by atoms with Crippen molar-refractivity contribution >= 4 is 23.1 Å². The van der Waals surface area contributed by atoms with Crippen molar-refractivity contribution in [2.45, 2.75) is 51.5 Å². The number of rotatable bonds is 3. The highest BCUT2D eigenvalue weighted by atomic mass is 32.1. The molecule has 0 aromatic carbocycles. The first-order chi connectivity index (χ1) is 8.65. The largest absolute Gasteiger partial charge is 0.357 e. The fourth-order valence-electron chi connectivity index (χ4n) is 2.61. The summed E-state index contributed by atoms with van der Waals surface area (Å²) in [6.45, 7) is 4.26. The molecule has 1 aromatic heterocycles. The first-order valence-corrected chi connectivity index (χ1v) is 7.07. The van der Waals surface area contributed by atoms with E-state index < -0.39 is 0 Å². The molecule has 0 radical (unpaired) electrons. The van der Waals surface area contributed by atoms with Crippen LogP contribution in [0.4, 0.5) is 5.82 Å². The van der Waals surface area contributed by atoms with Gasteiger partial charge in [-0.2, -0.15) is 0 Å². The predicted molar refractivity (Wildman–Crippen MR) is 79.8 cm³/mol. The van der Waals surface area contributed by atoms with Gasteiger partial charge in [0.25, 0.3) is 0 Å². The van der Waals surface area contributed by atoms with Gasteiger partial charge in [0.1, 0.15) is 5.82 Å². The maximum atomic E-state index is 5.41. The lowest BCUT2D eigenvalue weighted by Gasteiger charge is -2.30. The summed E-state index contributed by atoms with van der Waals surface area (Å²) in [6.07, 6.45) is 7.93. The molecule has 0 aliphatic heterocycles. The second kappa shape index (κ2) is 5.65. The number of aromatic nitrogens is 1. The summed E-state index contributed by atoms with van der Waals surface area (Å²) in [5, 5.41) is 7.40. The van der Waals surface area contributed by atoms with E-state index in [-0.39, 0.29) is 5.54 Å². The first-order valence-electron chi connectivity index (χ1n) is 6.66. The van der Waals surface area contributed by atoms with E-state index in [1.807, 2.05) is 19.1 Å². The molecule has 1 fully saturated rings. The molecule has 0 atom stereocenters. The van der Waals surface area contributed by atoms with Crippen molar-refractivity contribution in [1.82, 2.24) is 10.3 Å². The number of nitrogens with one attached hydrogen (secondary N) is 2. The van der Waals surface area contributed by atoms with Crippen LogP contribution in [0.2, 0.25) is 0 Å². The van der Waals surface area contributed by atoms with E-state index in [1.165, 1.54) is 25.7 Å². The minimum atomic E-state index is 0.201. The lowest BCUT2D eigenvalue weighted by Crippen LogP contribution is -2.47. The van der Waals surface area contributed by atoms with Crippen LogP contribution < -0.4 is 10.6 Å². The molecule has 1 aliphatic carbocycles. The zero-order chi connectivity index (χ0) is 13.0. The first kappa shape index (κ1) is 13.3. The van der Waals surface area contributed by atoms with Crippen molar-refractivity contribution in [3.63, 3.8) is 0 Å². The highest BCUT2D eigenvalue weighted by Gasteiger charge is 2.32. The van der Waals surface area contributed by atoms with Gasteiger partial charge in [-0.3, -0.25) is 0 Å². The van der Waals surface area contributed by atoms with E-state index in [4.69, 9.17) is 12.2 Å². The van der Waals surface area contributed by atoms with Gasteiger partial charge < -0.3 is 10.6 Å². The number of aryl methyl sites for hydroxylation is 1. The summed E-state index contributed by atoms with van der Waals surface area (Å²) < 4.78 is 0. The molecule has 0 unspecified atom stereocenters. The summed E-state index contributed by atoms with van der Waals surface area (Å²) >= 11 is 5.41. The molecule has 1 saturated carbocycles. The fourth-order valence-corrected chi connectivity index (χ4v) is 2.93. The SMILES string of the molecule is CCC1(NC(=S)Nc2ncccc2C)CCCC1. The molecule has 1 aromatic rings. The van der Waals surface area contributed by atoms with Crippen LogP contribution in [-0.4, -0.2) is 15.6 Å². The summed E-state index contributed by atoms with van der Waals surface area (Å²) in [5.74, 6) is 0.847. The number of pyridine rings is 1. The van der Waals surface area contributed by atoms with Gasteiger partial charge in [0.15, 0.2) is 5.11 Å². The Balaban J connectivity index is 1.98. The van der Waals surface area contributed by atoms with Crippen molar-refractivity contribution in [3.05, 3.63) is 23.9 Å². The quantitative estimate of drug-likeness (QED) is 0.820. The Morgan fingerprint density at radius 3 is 2.78 bits per heavy atom. The van der Waals surface area contributed by atoms with Crippen LogP contribution in [0.25, 0.3) is 0 Å². The van der Waals surface area contributed by atoms with E-state index in [1.54, 1.807) is 6.20 Å². The van der Waals surface area contributed by atoms with Gasteiger partial charge in [-0.1, -0.05) is 25.8 Å². The Labute approximate surface area is 114 Å². The van der Waals surface area contributed by atoms with Gasteiger partial charge in [-0.25, -0.2) is 4.98 Å². The second-order valence-corrected chi connectivity index (χ2v) is 5.50. The van der Waals surface area contributed by atoms with Crippen LogP contribution >= 0.6 is 12.2 Å². The minimum Gasteiger partial charge on any atom is -0.357 e. The van der Waals surface area contributed by atoms with Crippen molar-refractivity contribution in [1.29, 1.82) is 0 Å². The maximum absolute atomic E-state index is 5.41. The number of anilines is 1. The number of hydrogen-bond acceptors (Lipinski definition) is 2. The molecule has 2 rings (SSSR count). The Morgan fingerprint density at radius 1 is 1.44 bits per heavy atom. The Kier molecular flexibility index (Phi) is 4.17. The number of hydrogen-bond donors (Lipinski definition) is 2. The molecule has 98 valence electrons. The second-order valence-electron chi connectivity index (χ2n) is 5.09. The molecule has 18 heavy (non-hydrogen) atoms. The summed E-state index contributed by atoms with van der Waals surface area (Å²) in [4.78, 5) is 4.30. The van der Waals surface area contributed by atoms with E-state index in [9.17, 15) is 0 Å². The lowest BCUT2D eigenvalue weighted by atomic mass is 9.95. The van der Waals surface area contributed by atoms with Crippen LogP contribution in [-0.2, 0) is 0 Å². The van der Waals surface area contributed by atoms with Crippen molar-refractivity contribution in [2.24, 2.45) is 0 Å². The van der Waals surface area contributed by atoms with Crippen molar-refractivity contribution in [3.8, 4) is 0 Å². The van der Waals surface area contributed by atoms with Gasteiger partial charge >= 0.3 is 0 Å². The molecule has 0 saturated heterocycles. The van der Waals surface area contributed by atoms with Gasteiger partial charge in [0.05, 0.1) is 0 Å². The molecule has 0 amide bonds. The highest BCUT2D eigenvalue weighted by Crippen LogP contribution is 2.32.